The molecule has 0 aliphatic heterocycles. The van der Waals surface area contributed by atoms with Crippen LogP contribution in [0, 0.1) is 13.8 Å². The van der Waals surface area contributed by atoms with E-state index in [1.54, 1.807) is 13.0 Å². The summed E-state index contributed by atoms with van der Waals surface area (Å²) < 4.78 is 6.74. The van der Waals surface area contributed by atoms with Gasteiger partial charge in [0, 0.05) is 15.7 Å². The molecule has 0 aliphatic rings. The van der Waals surface area contributed by atoms with Crippen molar-refractivity contribution in [3.63, 3.8) is 0 Å². The smallest absolute Gasteiger partial charge is 0.259 e. The van der Waals surface area contributed by atoms with Crippen molar-refractivity contribution in [2.45, 2.75) is 13.8 Å². The van der Waals surface area contributed by atoms with Crippen LogP contribution in [-0.2, 0) is 0 Å². The van der Waals surface area contributed by atoms with E-state index in [1.807, 2.05) is 55.5 Å². The van der Waals surface area contributed by atoms with Crippen LogP contribution in [0.25, 0.3) is 11.3 Å². The number of hydrogen-bond donors (Lipinski definition) is 1. The third-order valence-electron chi connectivity index (χ3n) is 3.60. The SMILES string of the molecule is Cc1ccc(NC(=O)c2cc(-c3ccc(Br)cc3)oc2C)cc1. The van der Waals surface area contributed by atoms with Crippen molar-refractivity contribution >= 4 is 27.5 Å². The van der Waals surface area contributed by atoms with Crippen molar-refractivity contribution in [2.75, 3.05) is 5.32 Å². The Labute approximate surface area is 143 Å². The van der Waals surface area contributed by atoms with Crippen molar-refractivity contribution < 1.29 is 9.21 Å². The summed E-state index contributed by atoms with van der Waals surface area (Å²) in [6.07, 6.45) is 0. The zero-order valence-corrected chi connectivity index (χ0v) is 14.5. The molecule has 0 aliphatic carbocycles. The van der Waals surface area contributed by atoms with Crippen LogP contribution in [0.3, 0.4) is 0 Å². The first-order valence-corrected chi connectivity index (χ1v) is 8.06. The second-order valence-electron chi connectivity index (χ2n) is 5.41. The highest BCUT2D eigenvalue weighted by atomic mass is 79.9. The second-order valence-corrected chi connectivity index (χ2v) is 6.32. The molecule has 0 unspecified atom stereocenters. The maximum absolute atomic E-state index is 12.4. The Balaban J connectivity index is 1.84. The maximum Gasteiger partial charge on any atom is 0.259 e. The molecule has 3 aromatic rings. The molecule has 0 fully saturated rings. The molecule has 4 heteroatoms. The highest BCUT2D eigenvalue weighted by Crippen LogP contribution is 2.27. The average molecular weight is 370 g/mol. The molecule has 0 radical (unpaired) electrons. The van der Waals surface area contributed by atoms with Crippen molar-refractivity contribution in [3.05, 3.63) is 76.0 Å². The minimum atomic E-state index is -0.168. The van der Waals surface area contributed by atoms with Crippen LogP contribution in [-0.4, -0.2) is 5.91 Å². The molecule has 2 aromatic carbocycles. The van der Waals surface area contributed by atoms with Crippen molar-refractivity contribution in [3.8, 4) is 11.3 Å². The molecule has 1 heterocycles. The monoisotopic (exact) mass is 369 g/mol. The van der Waals surface area contributed by atoms with Gasteiger partial charge in [-0.3, -0.25) is 4.79 Å². The largest absolute Gasteiger partial charge is 0.461 e. The molecule has 1 aromatic heterocycles. The van der Waals surface area contributed by atoms with Crippen molar-refractivity contribution in [1.29, 1.82) is 0 Å². The standard InChI is InChI=1S/C19H16BrNO2/c1-12-3-9-16(10-4-12)21-19(22)17-11-18(23-13(17)2)14-5-7-15(20)8-6-14/h3-11H,1-2H3,(H,21,22). The third-order valence-corrected chi connectivity index (χ3v) is 4.13. The molecule has 0 spiro atoms. The number of nitrogens with one attached hydrogen (secondary N) is 1. The van der Waals surface area contributed by atoms with E-state index < -0.39 is 0 Å². The molecule has 1 N–H and O–H groups in total. The fraction of sp³-hybridized carbons (Fsp3) is 0.105. The molecule has 3 nitrogen and oxygen atoms in total. The van der Waals surface area contributed by atoms with Crippen LogP contribution < -0.4 is 5.32 Å². The first-order valence-electron chi connectivity index (χ1n) is 7.27. The number of hydrogen-bond acceptors (Lipinski definition) is 2. The summed E-state index contributed by atoms with van der Waals surface area (Å²) in [6.45, 7) is 3.81. The van der Waals surface area contributed by atoms with Gasteiger partial charge < -0.3 is 9.73 Å². The molecule has 23 heavy (non-hydrogen) atoms. The van der Waals surface area contributed by atoms with Gasteiger partial charge >= 0.3 is 0 Å². The fourth-order valence-corrected chi connectivity index (χ4v) is 2.56. The van der Waals surface area contributed by atoms with E-state index in [2.05, 4.69) is 21.2 Å². The lowest BCUT2D eigenvalue weighted by Gasteiger charge is -2.04. The number of amides is 1. The Morgan fingerprint density at radius 3 is 2.30 bits per heavy atom. The Morgan fingerprint density at radius 1 is 1.00 bits per heavy atom. The maximum atomic E-state index is 12.4. The van der Waals surface area contributed by atoms with Crippen molar-refractivity contribution in [1.82, 2.24) is 0 Å². The van der Waals surface area contributed by atoms with Gasteiger partial charge in [0.25, 0.3) is 5.91 Å². The van der Waals surface area contributed by atoms with Gasteiger partial charge in [-0.2, -0.15) is 0 Å². The normalized spacial score (nSPS) is 10.6. The third kappa shape index (κ3) is 3.54. The van der Waals surface area contributed by atoms with Crippen molar-refractivity contribution in [2.24, 2.45) is 0 Å². The Morgan fingerprint density at radius 2 is 1.65 bits per heavy atom. The number of benzene rings is 2. The molecule has 0 bridgehead atoms. The molecule has 3 rings (SSSR count). The van der Waals surface area contributed by atoms with E-state index in [4.69, 9.17) is 4.42 Å². The number of rotatable bonds is 3. The van der Waals surface area contributed by atoms with Crippen LogP contribution in [0.1, 0.15) is 21.7 Å². The van der Waals surface area contributed by atoms with Crippen LogP contribution in [0.2, 0.25) is 0 Å². The first kappa shape index (κ1) is 15.6. The number of aryl methyl sites for hydroxylation is 2. The molecule has 116 valence electrons. The number of carbonyl (C=O) groups excluding carboxylic acids is 1. The lowest BCUT2D eigenvalue weighted by Crippen LogP contribution is -2.11. The van der Waals surface area contributed by atoms with E-state index in [9.17, 15) is 4.79 Å². The number of anilines is 1. The van der Waals surface area contributed by atoms with Crippen LogP contribution >= 0.6 is 15.9 Å². The van der Waals surface area contributed by atoms with Crippen LogP contribution in [0.15, 0.2) is 63.5 Å². The summed E-state index contributed by atoms with van der Waals surface area (Å²) in [5.41, 5.74) is 3.40. The highest BCUT2D eigenvalue weighted by Gasteiger charge is 2.16. The Bertz CT molecular complexity index is 833. The van der Waals surface area contributed by atoms with Gasteiger partial charge in [-0.25, -0.2) is 0 Å². The predicted molar refractivity (Wildman–Crippen MR) is 95.7 cm³/mol. The fourth-order valence-electron chi connectivity index (χ4n) is 2.30. The van der Waals surface area contributed by atoms with E-state index in [-0.39, 0.29) is 5.91 Å². The van der Waals surface area contributed by atoms with E-state index in [1.165, 1.54) is 0 Å². The van der Waals surface area contributed by atoms with Gasteiger partial charge in [-0.05, 0) is 44.2 Å². The van der Waals surface area contributed by atoms with Gasteiger partial charge in [-0.15, -0.1) is 0 Å². The van der Waals surface area contributed by atoms with E-state index in [0.29, 0.717) is 17.1 Å². The lowest BCUT2D eigenvalue weighted by atomic mass is 10.1. The predicted octanol–water partition coefficient (Wildman–Crippen LogP) is 5.58. The van der Waals surface area contributed by atoms with Gasteiger partial charge in [0.15, 0.2) is 0 Å². The van der Waals surface area contributed by atoms with Gasteiger partial charge in [0.2, 0.25) is 0 Å². The minimum Gasteiger partial charge on any atom is -0.461 e. The number of carbonyl (C=O) groups is 1. The van der Waals surface area contributed by atoms with E-state index in [0.717, 1.165) is 21.3 Å². The summed E-state index contributed by atoms with van der Waals surface area (Å²) in [4.78, 5) is 12.4. The van der Waals surface area contributed by atoms with E-state index >= 15 is 0 Å². The summed E-state index contributed by atoms with van der Waals surface area (Å²) in [5, 5.41) is 2.89. The molecule has 1 amide bonds. The molecular weight excluding hydrogens is 354 g/mol. The summed E-state index contributed by atoms with van der Waals surface area (Å²) in [5.74, 6) is 1.12. The first-order chi connectivity index (χ1) is 11.0. The molecule has 0 saturated heterocycles. The Kier molecular flexibility index (Phi) is 4.35. The minimum absolute atomic E-state index is 0.168. The molecule has 0 atom stereocenters. The molecular formula is C19H16BrNO2. The lowest BCUT2D eigenvalue weighted by molar-refractivity contribution is 0.102. The number of furan rings is 1. The summed E-state index contributed by atoms with van der Waals surface area (Å²) >= 11 is 3.41. The summed E-state index contributed by atoms with van der Waals surface area (Å²) in [6, 6.07) is 17.3. The zero-order valence-electron chi connectivity index (χ0n) is 12.9. The van der Waals surface area contributed by atoms with Crippen LogP contribution in [0.5, 0.6) is 0 Å². The Hall–Kier alpha value is -2.33. The van der Waals surface area contributed by atoms with Gasteiger partial charge in [0.05, 0.1) is 5.56 Å². The summed E-state index contributed by atoms with van der Waals surface area (Å²) in [7, 11) is 0. The van der Waals surface area contributed by atoms with Gasteiger partial charge in [-0.1, -0.05) is 45.8 Å². The van der Waals surface area contributed by atoms with Gasteiger partial charge in [0.1, 0.15) is 11.5 Å². The quantitative estimate of drug-likeness (QED) is 0.654. The van der Waals surface area contributed by atoms with Crippen LogP contribution in [0.4, 0.5) is 5.69 Å². The average Bonchev–Trinajstić information content (AvgIpc) is 2.92. The zero-order chi connectivity index (χ0) is 16.4. The topological polar surface area (TPSA) is 42.2 Å². The second kappa shape index (κ2) is 6.42. The number of halogens is 1. The molecule has 0 saturated carbocycles. The highest BCUT2D eigenvalue weighted by molar-refractivity contribution is 9.10.